The molecular formula is C12H18ClNO. The topological polar surface area (TPSA) is 29.1 Å². The first kappa shape index (κ1) is 9.95. The molecule has 15 heavy (non-hydrogen) atoms. The lowest BCUT2D eigenvalue weighted by Crippen LogP contribution is -2.39. The Kier molecular flexibility index (Phi) is 2.42. The Morgan fingerprint density at radius 3 is 2.33 bits per heavy atom. The van der Waals surface area contributed by atoms with Crippen LogP contribution < -0.4 is 5.32 Å². The Morgan fingerprint density at radius 2 is 1.73 bits per heavy atom. The standard InChI is InChI=1S/C12H18ClNO/c13-9-5-2-6-10(9)14-12(15)11-7-3-1-4-8(7)11/h7-11H,1-6H2,(H,14,15). The first-order valence-corrected chi connectivity index (χ1v) is 6.65. The molecule has 0 aromatic carbocycles. The Hall–Kier alpha value is -0.240. The van der Waals surface area contributed by atoms with Gasteiger partial charge in [0, 0.05) is 12.0 Å². The van der Waals surface area contributed by atoms with Crippen molar-refractivity contribution >= 4 is 17.5 Å². The van der Waals surface area contributed by atoms with Crippen LogP contribution in [0.15, 0.2) is 0 Å². The second kappa shape index (κ2) is 3.65. The molecule has 0 spiro atoms. The van der Waals surface area contributed by atoms with Crippen LogP contribution in [-0.2, 0) is 4.79 Å². The molecule has 1 N–H and O–H groups in total. The van der Waals surface area contributed by atoms with E-state index in [1.807, 2.05) is 0 Å². The maximum absolute atomic E-state index is 12.0. The number of rotatable bonds is 2. The maximum atomic E-state index is 12.0. The van der Waals surface area contributed by atoms with Crippen molar-refractivity contribution in [2.45, 2.75) is 49.9 Å². The van der Waals surface area contributed by atoms with Gasteiger partial charge in [-0.15, -0.1) is 11.6 Å². The SMILES string of the molecule is O=C(NC1CCCC1Cl)C1C2CCCC21. The predicted octanol–water partition coefficient (Wildman–Crippen LogP) is 2.31. The van der Waals surface area contributed by atoms with Crippen LogP contribution in [0.2, 0.25) is 0 Å². The van der Waals surface area contributed by atoms with Crippen LogP contribution in [0.4, 0.5) is 0 Å². The molecule has 0 heterocycles. The summed E-state index contributed by atoms with van der Waals surface area (Å²) in [5.74, 6) is 2.09. The minimum atomic E-state index is 0.174. The molecule has 2 nitrogen and oxygen atoms in total. The number of fused-ring (bicyclic) bond motifs is 1. The highest BCUT2D eigenvalue weighted by Crippen LogP contribution is 2.57. The minimum absolute atomic E-state index is 0.174. The Balaban J connectivity index is 1.53. The van der Waals surface area contributed by atoms with Gasteiger partial charge in [-0.25, -0.2) is 0 Å². The molecule has 0 aliphatic heterocycles. The normalized spacial score (nSPS) is 47.7. The first-order chi connectivity index (χ1) is 7.27. The molecule has 1 amide bonds. The number of halogens is 1. The lowest BCUT2D eigenvalue weighted by atomic mass is 10.1. The number of hydrogen-bond donors (Lipinski definition) is 1. The Morgan fingerprint density at radius 1 is 1.07 bits per heavy atom. The van der Waals surface area contributed by atoms with Crippen molar-refractivity contribution < 1.29 is 4.79 Å². The van der Waals surface area contributed by atoms with E-state index in [1.54, 1.807) is 0 Å². The molecule has 3 aliphatic carbocycles. The summed E-state index contributed by atoms with van der Waals surface area (Å²) in [6.07, 6.45) is 7.18. The van der Waals surface area contributed by atoms with E-state index >= 15 is 0 Å². The van der Waals surface area contributed by atoms with E-state index in [1.165, 1.54) is 19.3 Å². The van der Waals surface area contributed by atoms with Crippen LogP contribution >= 0.6 is 11.6 Å². The van der Waals surface area contributed by atoms with Crippen molar-refractivity contribution in [3.05, 3.63) is 0 Å². The monoisotopic (exact) mass is 227 g/mol. The molecule has 0 aromatic heterocycles. The molecule has 3 aliphatic rings. The van der Waals surface area contributed by atoms with E-state index in [0.29, 0.717) is 11.8 Å². The van der Waals surface area contributed by atoms with Crippen LogP contribution in [0, 0.1) is 17.8 Å². The average molecular weight is 228 g/mol. The summed E-state index contributed by atoms with van der Waals surface area (Å²) in [5, 5.41) is 3.32. The second-order valence-corrected chi connectivity index (χ2v) is 5.91. The molecule has 4 atom stereocenters. The zero-order valence-corrected chi connectivity index (χ0v) is 9.67. The van der Waals surface area contributed by atoms with Crippen molar-refractivity contribution in [2.24, 2.45) is 17.8 Å². The van der Waals surface area contributed by atoms with E-state index in [9.17, 15) is 4.79 Å². The number of alkyl halides is 1. The molecule has 3 heteroatoms. The quantitative estimate of drug-likeness (QED) is 0.721. The molecule has 3 rings (SSSR count). The van der Waals surface area contributed by atoms with E-state index in [4.69, 9.17) is 11.6 Å². The van der Waals surface area contributed by atoms with E-state index in [-0.39, 0.29) is 11.4 Å². The van der Waals surface area contributed by atoms with Crippen molar-refractivity contribution in [3.8, 4) is 0 Å². The smallest absolute Gasteiger partial charge is 0.223 e. The van der Waals surface area contributed by atoms with Gasteiger partial charge in [-0.2, -0.15) is 0 Å². The Bertz CT molecular complexity index is 271. The van der Waals surface area contributed by atoms with Gasteiger partial charge in [0.05, 0.1) is 5.38 Å². The van der Waals surface area contributed by atoms with Gasteiger partial charge in [-0.05, 0) is 43.9 Å². The van der Waals surface area contributed by atoms with Gasteiger partial charge in [-0.1, -0.05) is 6.42 Å². The maximum Gasteiger partial charge on any atom is 0.223 e. The molecule has 84 valence electrons. The largest absolute Gasteiger partial charge is 0.352 e. The zero-order chi connectivity index (χ0) is 10.4. The third kappa shape index (κ3) is 1.67. The lowest BCUT2D eigenvalue weighted by molar-refractivity contribution is -0.123. The molecule has 3 fully saturated rings. The van der Waals surface area contributed by atoms with Crippen LogP contribution in [0.3, 0.4) is 0 Å². The van der Waals surface area contributed by atoms with Crippen LogP contribution in [-0.4, -0.2) is 17.3 Å². The fraction of sp³-hybridized carbons (Fsp3) is 0.917. The highest BCUT2D eigenvalue weighted by atomic mass is 35.5. The van der Waals surface area contributed by atoms with Gasteiger partial charge in [0.1, 0.15) is 0 Å². The Labute approximate surface area is 95.8 Å². The highest BCUT2D eigenvalue weighted by molar-refractivity contribution is 6.21. The van der Waals surface area contributed by atoms with Crippen molar-refractivity contribution in [3.63, 3.8) is 0 Å². The zero-order valence-electron chi connectivity index (χ0n) is 8.92. The fourth-order valence-electron chi connectivity index (χ4n) is 3.57. The lowest BCUT2D eigenvalue weighted by Gasteiger charge is -2.16. The van der Waals surface area contributed by atoms with Gasteiger partial charge in [0.15, 0.2) is 0 Å². The molecule has 0 radical (unpaired) electrons. The van der Waals surface area contributed by atoms with Gasteiger partial charge in [0.2, 0.25) is 5.91 Å². The molecule has 3 saturated carbocycles. The number of carbonyl (C=O) groups is 1. The minimum Gasteiger partial charge on any atom is -0.352 e. The van der Waals surface area contributed by atoms with Crippen LogP contribution in [0.1, 0.15) is 38.5 Å². The second-order valence-electron chi connectivity index (χ2n) is 5.35. The average Bonchev–Trinajstić information content (AvgIpc) is 2.60. The van der Waals surface area contributed by atoms with E-state index < -0.39 is 0 Å². The van der Waals surface area contributed by atoms with Crippen molar-refractivity contribution in [1.82, 2.24) is 5.32 Å². The number of carbonyl (C=O) groups excluding carboxylic acids is 1. The highest BCUT2D eigenvalue weighted by Gasteiger charge is 2.56. The third-order valence-electron chi connectivity index (χ3n) is 4.47. The molecule has 0 saturated heterocycles. The van der Waals surface area contributed by atoms with Gasteiger partial charge >= 0.3 is 0 Å². The molecule has 0 bridgehead atoms. The fourth-order valence-corrected chi connectivity index (χ4v) is 3.91. The summed E-state index contributed by atoms with van der Waals surface area (Å²) in [6, 6.07) is 0.250. The van der Waals surface area contributed by atoms with Crippen molar-refractivity contribution in [2.75, 3.05) is 0 Å². The summed E-state index contributed by atoms with van der Waals surface area (Å²) >= 11 is 6.15. The molecule has 0 aromatic rings. The van der Waals surface area contributed by atoms with E-state index in [0.717, 1.165) is 31.1 Å². The summed E-state index contributed by atoms with van der Waals surface area (Å²) in [6.45, 7) is 0. The van der Waals surface area contributed by atoms with E-state index in [2.05, 4.69) is 5.32 Å². The summed E-state index contributed by atoms with van der Waals surface area (Å²) < 4.78 is 0. The third-order valence-corrected chi connectivity index (χ3v) is 4.99. The predicted molar refractivity (Wildman–Crippen MR) is 59.7 cm³/mol. The number of hydrogen-bond acceptors (Lipinski definition) is 1. The summed E-state index contributed by atoms with van der Waals surface area (Å²) in [5.41, 5.74) is 0. The van der Waals surface area contributed by atoms with Gasteiger partial charge in [-0.3, -0.25) is 4.79 Å². The van der Waals surface area contributed by atoms with Crippen LogP contribution in [0.25, 0.3) is 0 Å². The summed E-state index contributed by atoms with van der Waals surface area (Å²) in [4.78, 5) is 12.0. The first-order valence-electron chi connectivity index (χ1n) is 6.22. The van der Waals surface area contributed by atoms with Crippen molar-refractivity contribution in [1.29, 1.82) is 0 Å². The number of nitrogens with one attached hydrogen (secondary N) is 1. The molecule has 4 unspecified atom stereocenters. The van der Waals surface area contributed by atoms with Crippen LogP contribution in [0.5, 0.6) is 0 Å². The summed E-state index contributed by atoms with van der Waals surface area (Å²) in [7, 11) is 0. The van der Waals surface area contributed by atoms with Gasteiger partial charge in [0.25, 0.3) is 0 Å². The van der Waals surface area contributed by atoms with Gasteiger partial charge < -0.3 is 5.32 Å². The molecular weight excluding hydrogens is 210 g/mol. The number of amides is 1.